The molecule has 15 heavy (non-hydrogen) atoms. The Morgan fingerprint density at radius 1 is 1.20 bits per heavy atom. The fourth-order valence-electron chi connectivity index (χ4n) is 2.67. The highest BCUT2D eigenvalue weighted by molar-refractivity contribution is 6.00. The molecule has 2 bridgehead atoms. The highest BCUT2D eigenvalue weighted by Gasteiger charge is 2.74. The van der Waals surface area contributed by atoms with Crippen molar-refractivity contribution in [2.45, 2.75) is 19.3 Å². The van der Waals surface area contributed by atoms with Crippen molar-refractivity contribution in [1.82, 2.24) is 4.90 Å². The molecule has 0 radical (unpaired) electrons. The van der Waals surface area contributed by atoms with Crippen LogP contribution in [0.5, 0.6) is 0 Å². The second-order valence-electron chi connectivity index (χ2n) is 5.04. The molecule has 1 N–H and O–H groups in total. The molecule has 0 amide bonds. The van der Waals surface area contributed by atoms with E-state index in [0.29, 0.717) is 19.3 Å². The van der Waals surface area contributed by atoms with Gasteiger partial charge in [0, 0.05) is 25.7 Å². The average molecular weight is 209 g/mol. The van der Waals surface area contributed by atoms with Crippen molar-refractivity contribution in [3.05, 3.63) is 12.3 Å². The molecule has 4 nitrogen and oxygen atoms in total. The molecule has 3 aliphatic rings. The zero-order valence-corrected chi connectivity index (χ0v) is 8.99. The summed E-state index contributed by atoms with van der Waals surface area (Å²) in [5.41, 5.74) is -0.882. The number of hydrogen-bond acceptors (Lipinski definition) is 3. The number of hydrogen-bond donors (Lipinski definition) is 1. The third-order valence-electron chi connectivity index (χ3n) is 3.53. The van der Waals surface area contributed by atoms with Gasteiger partial charge in [0.1, 0.15) is 0 Å². The summed E-state index contributed by atoms with van der Waals surface area (Å²) in [6.45, 7) is 0. The lowest BCUT2D eigenvalue weighted by molar-refractivity contribution is -0.216. The maximum absolute atomic E-state index is 11.7. The van der Waals surface area contributed by atoms with Crippen LogP contribution in [0.3, 0.4) is 0 Å². The first kappa shape index (κ1) is 10.2. The summed E-state index contributed by atoms with van der Waals surface area (Å²) in [5, 5.41) is 8.91. The lowest BCUT2D eigenvalue weighted by Gasteiger charge is -2.66. The average Bonchev–Trinajstić information content (AvgIpc) is 1.94. The Kier molecular flexibility index (Phi) is 1.93. The number of allylic oxidation sites excluding steroid dienone is 1. The standard InChI is InChI=1S/C11H15NO3/c1-12(2)4-3-8(13)10-5-11(6-10,7-10)9(14)15/h3-4H,5-7H2,1-2H3,(H,14,15)/b4-3+. The summed E-state index contributed by atoms with van der Waals surface area (Å²) < 4.78 is 0. The van der Waals surface area contributed by atoms with Crippen LogP contribution in [-0.2, 0) is 9.59 Å². The van der Waals surface area contributed by atoms with Gasteiger partial charge in [0.2, 0.25) is 0 Å². The molecule has 3 saturated carbocycles. The van der Waals surface area contributed by atoms with Crippen LogP contribution in [0.2, 0.25) is 0 Å². The summed E-state index contributed by atoms with van der Waals surface area (Å²) in [5.74, 6) is -0.659. The van der Waals surface area contributed by atoms with Crippen molar-refractivity contribution < 1.29 is 14.7 Å². The molecule has 0 atom stereocenters. The van der Waals surface area contributed by atoms with Gasteiger partial charge in [-0.2, -0.15) is 0 Å². The number of carboxylic acids is 1. The van der Waals surface area contributed by atoms with Gasteiger partial charge < -0.3 is 10.0 Å². The number of aliphatic carboxylic acids is 1. The van der Waals surface area contributed by atoms with Crippen molar-refractivity contribution in [3.63, 3.8) is 0 Å². The minimum atomic E-state index is -0.742. The second kappa shape index (κ2) is 2.84. The zero-order chi connectivity index (χ0) is 11.3. The number of rotatable bonds is 4. The topological polar surface area (TPSA) is 57.6 Å². The van der Waals surface area contributed by atoms with E-state index in [2.05, 4.69) is 0 Å². The highest BCUT2D eigenvalue weighted by Crippen LogP contribution is 2.73. The number of nitrogens with zero attached hydrogens (tertiary/aromatic N) is 1. The van der Waals surface area contributed by atoms with E-state index >= 15 is 0 Å². The Bertz CT molecular complexity index is 337. The lowest BCUT2D eigenvalue weighted by atomic mass is 9.34. The van der Waals surface area contributed by atoms with E-state index in [1.54, 1.807) is 17.2 Å². The Morgan fingerprint density at radius 3 is 2.13 bits per heavy atom. The molecule has 0 saturated heterocycles. The van der Waals surface area contributed by atoms with E-state index in [1.807, 2.05) is 14.1 Å². The third-order valence-corrected chi connectivity index (χ3v) is 3.53. The van der Waals surface area contributed by atoms with Crippen LogP contribution in [-0.4, -0.2) is 35.9 Å². The SMILES string of the molecule is CN(C)/C=C/C(=O)C12CC(C(=O)O)(C1)C2. The van der Waals surface area contributed by atoms with Crippen LogP contribution in [0.15, 0.2) is 12.3 Å². The molecule has 0 aromatic rings. The normalized spacial score (nSPS) is 36.9. The Hall–Kier alpha value is -1.32. The smallest absolute Gasteiger partial charge is 0.309 e. The quantitative estimate of drug-likeness (QED) is 0.698. The summed E-state index contributed by atoms with van der Waals surface area (Å²) in [7, 11) is 3.70. The van der Waals surface area contributed by atoms with Gasteiger partial charge in [0.15, 0.2) is 5.78 Å². The van der Waals surface area contributed by atoms with Gasteiger partial charge in [-0.25, -0.2) is 0 Å². The molecule has 0 aliphatic heterocycles. The van der Waals surface area contributed by atoms with Crippen molar-refractivity contribution in [2.75, 3.05) is 14.1 Å². The first-order valence-corrected chi connectivity index (χ1v) is 5.03. The van der Waals surface area contributed by atoms with E-state index in [1.165, 1.54) is 0 Å². The van der Waals surface area contributed by atoms with E-state index in [9.17, 15) is 9.59 Å². The molecule has 0 unspecified atom stereocenters. The number of ketones is 1. The van der Waals surface area contributed by atoms with Crippen molar-refractivity contribution in [3.8, 4) is 0 Å². The maximum Gasteiger partial charge on any atom is 0.309 e. The Labute approximate surface area is 88.6 Å². The number of carbonyl (C=O) groups excluding carboxylic acids is 1. The van der Waals surface area contributed by atoms with E-state index in [-0.39, 0.29) is 11.2 Å². The predicted octanol–water partition coefficient (Wildman–Crippen LogP) is 0.886. The summed E-state index contributed by atoms with van der Waals surface area (Å²) >= 11 is 0. The van der Waals surface area contributed by atoms with Crippen LogP contribution in [0.25, 0.3) is 0 Å². The Balaban J connectivity index is 1.95. The largest absolute Gasteiger partial charge is 0.481 e. The van der Waals surface area contributed by atoms with Crippen molar-refractivity contribution in [2.24, 2.45) is 10.8 Å². The molecule has 0 aromatic heterocycles. The third kappa shape index (κ3) is 1.28. The van der Waals surface area contributed by atoms with Gasteiger partial charge in [-0.05, 0) is 25.3 Å². The molecular formula is C11H15NO3. The van der Waals surface area contributed by atoms with Crippen molar-refractivity contribution in [1.29, 1.82) is 0 Å². The first-order valence-electron chi connectivity index (χ1n) is 5.03. The molecular weight excluding hydrogens is 194 g/mol. The molecule has 0 heterocycles. The molecule has 0 aromatic carbocycles. The molecule has 3 aliphatic carbocycles. The number of carboxylic acid groups (broad SMARTS) is 1. The fourth-order valence-corrected chi connectivity index (χ4v) is 2.67. The summed E-state index contributed by atoms with van der Waals surface area (Å²) in [6.07, 6.45) is 4.88. The second-order valence-corrected chi connectivity index (χ2v) is 5.04. The monoisotopic (exact) mass is 209 g/mol. The van der Waals surface area contributed by atoms with Gasteiger partial charge in [-0.3, -0.25) is 9.59 Å². The van der Waals surface area contributed by atoms with Gasteiger partial charge in [0.25, 0.3) is 0 Å². The van der Waals surface area contributed by atoms with E-state index in [4.69, 9.17) is 5.11 Å². The van der Waals surface area contributed by atoms with Crippen LogP contribution in [0.4, 0.5) is 0 Å². The highest BCUT2D eigenvalue weighted by atomic mass is 16.4. The Morgan fingerprint density at radius 2 is 1.73 bits per heavy atom. The molecule has 4 heteroatoms. The van der Waals surface area contributed by atoms with Crippen LogP contribution in [0, 0.1) is 10.8 Å². The predicted molar refractivity (Wildman–Crippen MR) is 54.2 cm³/mol. The van der Waals surface area contributed by atoms with Crippen molar-refractivity contribution >= 4 is 11.8 Å². The van der Waals surface area contributed by atoms with Gasteiger partial charge in [-0.1, -0.05) is 0 Å². The number of carbonyl (C=O) groups is 2. The van der Waals surface area contributed by atoms with Crippen LogP contribution < -0.4 is 0 Å². The van der Waals surface area contributed by atoms with Gasteiger partial charge >= 0.3 is 5.97 Å². The van der Waals surface area contributed by atoms with E-state index < -0.39 is 11.4 Å². The fraction of sp³-hybridized carbons (Fsp3) is 0.636. The maximum atomic E-state index is 11.7. The molecule has 0 spiro atoms. The van der Waals surface area contributed by atoms with Crippen LogP contribution in [0.1, 0.15) is 19.3 Å². The minimum absolute atomic E-state index is 0.0827. The first-order chi connectivity index (χ1) is 6.90. The summed E-state index contributed by atoms with van der Waals surface area (Å²) in [6, 6.07) is 0. The van der Waals surface area contributed by atoms with E-state index in [0.717, 1.165) is 0 Å². The lowest BCUT2D eigenvalue weighted by Crippen LogP contribution is -2.68. The van der Waals surface area contributed by atoms with Gasteiger partial charge in [-0.15, -0.1) is 0 Å². The molecule has 3 fully saturated rings. The van der Waals surface area contributed by atoms with Gasteiger partial charge in [0.05, 0.1) is 5.41 Å². The summed E-state index contributed by atoms with van der Waals surface area (Å²) in [4.78, 5) is 24.4. The molecule has 82 valence electrons. The molecule has 3 rings (SSSR count). The minimum Gasteiger partial charge on any atom is -0.481 e. The zero-order valence-electron chi connectivity index (χ0n) is 8.99. The van der Waals surface area contributed by atoms with Crippen LogP contribution >= 0.6 is 0 Å².